The number of benzene rings is 2. The van der Waals surface area contributed by atoms with Crippen molar-refractivity contribution in [3.63, 3.8) is 0 Å². The van der Waals surface area contributed by atoms with Gasteiger partial charge in [0.2, 0.25) is 0 Å². The summed E-state index contributed by atoms with van der Waals surface area (Å²) in [5.74, 6) is 3.31. The Morgan fingerprint density at radius 3 is 1.76 bits per heavy atom. The topological polar surface area (TPSA) is 18.5 Å². The Balaban J connectivity index is 1.20. The van der Waals surface area contributed by atoms with Crippen LogP contribution in [0.5, 0.6) is 11.5 Å². The van der Waals surface area contributed by atoms with Crippen LogP contribution < -0.4 is 9.47 Å². The van der Waals surface area contributed by atoms with E-state index < -0.39 is 12.7 Å². The summed E-state index contributed by atoms with van der Waals surface area (Å²) in [6.07, 6.45) is 12.2. The molecule has 2 fully saturated rings. The zero-order valence-electron chi connectivity index (χ0n) is 21.8. The van der Waals surface area contributed by atoms with Gasteiger partial charge >= 0.3 is 12.7 Å². The van der Waals surface area contributed by atoms with Gasteiger partial charge in [0.15, 0.2) is 0 Å². The number of ether oxygens (including phenoxy) is 2. The van der Waals surface area contributed by atoms with Gasteiger partial charge in [0.05, 0.1) is 5.56 Å². The third kappa shape index (κ3) is 8.12. The molecule has 0 saturated heterocycles. The van der Waals surface area contributed by atoms with Crippen LogP contribution in [0.1, 0.15) is 88.7 Å². The molecule has 4 rings (SSSR count). The van der Waals surface area contributed by atoms with E-state index in [0.29, 0.717) is 0 Å². The number of hydrogen-bond acceptors (Lipinski definition) is 2. The molecule has 2 aromatic carbocycles. The Hall–Kier alpha value is -2.24. The van der Waals surface area contributed by atoms with Crippen LogP contribution in [0.15, 0.2) is 48.5 Å². The smallest absolute Gasteiger partial charge is 0.426 e. The van der Waals surface area contributed by atoms with Gasteiger partial charge in [0, 0.05) is 0 Å². The molecule has 0 radical (unpaired) electrons. The minimum atomic E-state index is -3.53. The zero-order chi connectivity index (χ0) is 26.3. The van der Waals surface area contributed by atoms with Crippen LogP contribution in [0, 0.1) is 23.7 Å². The summed E-state index contributed by atoms with van der Waals surface area (Å²) in [7, 11) is 0. The largest absolute Gasteiger partial charge is 0.435 e. The van der Waals surface area contributed by atoms with E-state index in [-0.39, 0.29) is 17.1 Å². The molecule has 6 heteroatoms. The number of alkyl halides is 4. The predicted octanol–water partition coefficient (Wildman–Crippen LogP) is 9.76. The van der Waals surface area contributed by atoms with Crippen molar-refractivity contribution >= 4 is 0 Å². The molecule has 0 bridgehead atoms. The Kier molecular flexibility index (Phi) is 9.77. The molecule has 204 valence electrons. The third-order valence-electron chi connectivity index (χ3n) is 8.57. The standard InChI is InChI=1S/C31H40F4O2/c1-2-3-22-6-12-25(13-7-22)26-14-8-23(9-15-26)4-5-24-10-16-27(17-11-24)31(34,35)37-29-20-18-28(19-21-29)36-30(32)33/h10-11,16-23,25-26,30H,2-9,12-15H2,1H3/t22-,23-,25-,26-. The van der Waals surface area contributed by atoms with Crippen LogP contribution in [0.4, 0.5) is 17.6 Å². The lowest BCUT2D eigenvalue weighted by Crippen LogP contribution is -2.26. The van der Waals surface area contributed by atoms with Crippen LogP contribution in [0.3, 0.4) is 0 Å². The second-order valence-corrected chi connectivity index (χ2v) is 11.1. The summed E-state index contributed by atoms with van der Waals surface area (Å²) in [5.41, 5.74) is 0.822. The molecule has 0 atom stereocenters. The lowest BCUT2D eigenvalue weighted by molar-refractivity contribution is -0.185. The van der Waals surface area contributed by atoms with Crippen LogP contribution >= 0.6 is 0 Å². The quantitative estimate of drug-likeness (QED) is 0.275. The van der Waals surface area contributed by atoms with E-state index in [2.05, 4.69) is 11.7 Å². The van der Waals surface area contributed by atoms with Crippen molar-refractivity contribution in [2.24, 2.45) is 23.7 Å². The van der Waals surface area contributed by atoms with Gasteiger partial charge in [0.25, 0.3) is 0 Å². The molecule has 2 saturated carbocycles. The van der Waals surface area contributed by atoms with Crippen molar-refractivity contribution in [2.75, 3.05) is 0 Å². The van der Waals surface area contributed by atoms with Gasteiger partial charge in [-0.3, -0.25) is 0 Å². The van der Waals surface area contributed by atoms with Gasteiger partial charge in [0.1, 0.15) is 11.5 Å². The van der Waals surface area contributed by atoms with Crippen molar-refractivity contribution in [3.05, 3.63) is 59.7 Å². The van der Waals surface area contributed by atoms with E-state index in [1.54, 1.807) is 12.1 Å². The van der Waals surface area contributed by atoms with Gasteiger partial charge in [-0.05, 0) is 104 Å². The first-order valence-corrected chi connectivity index (χ1v) is 14.0. The van der Waals surface area contributed by atoms with Crippen molar-refractivity contribution in [1.29, 1.82) is 0 Å². The van der Waals surface area contributed by atoms with Gasteiger partial charge < -0.3 is 9.47 Å². The van der Waals surface area contributed by atoms with Gasteiger partial charge in [-0.15, -0.1) is 0 Å². The second-order valence-electron chi connectivity index (χ2n) is 11.1. The first-order chi connectivity index (χ1) is 17.8. The van der Waals surface area contributed by atoms with E-state index in [9.17, 15) is 17.6 Å². The summed E-state index contributed by atoms with van der Waals surface area (Å²) in [4.78, 5) is 0. The van der Waals surface area contributed by atoms with Gasteiger partial charge in [-0.1, -0.05) is 57.6 Å². The highest BCUT2D eigenvalue weighted by molar-refractivity contribution is 5.32. The van der Waals surface area contributed by atoms with Crippen LogP contribution in [0.2, 0.25) is 0 Å². The SMILES string of the molecule is CCC[C@H]1CC[C@H]([C@H]2CC[C@H](CCc3ccc(C(F)(F)Oc4ccc(OC(F)F)cc4)cc3)CC2)CC1. The second kappa shape index (κ2) is 13.0. The molecular formula is C31H40F4O2. The molecule has 0 N–H and O–H groups in total. The first-order valence-electron chi connectivity index (χ1n) is 14.0. The molecule has 2 aromatic rings. The van der Waals surface area contributed by atoms with Crippen molar-refractivity contribution in [3.8, 4) is 11.5 Å². The van der Waals surface area contributed by atoms with E-state index in [4.69, 9.17) is 4.74 Å². The van der Waals surface area contributed by atoms with E-state index in [1.165, 1.54) is 101 Å². The summed E-state index contributed by atoms with van der Waals surface area (Å²) in [6.45, 7) is -0.672. The lowest BCUT2D eigenvalue weighted by Gasteiger charge is -2.38. The van der Waals surface area contributed by atoms with E-state index in [0.717, 1.165) is 42.1 Å². The highest BCUT2D eigenvalue weighted by Crippen LogP contribution is 2.43. The average molecular weight is 521 g/mol. The highest BCUT2D eigenvalue weighted by Gasteiger charge is 2.35. The Bertz CT molecular complexity index is 929. The lowest BCUT2D eigenvalue weighted by atomic mass is 9.68. The maximum Gasteiger partial charge on any atom is 0.426 e. The fraction of sp³-hybridized carbons (Fsp3) is 0.613. The summed E-state index contributed by atoms with van der Waals surface area (Å²) in [5, 5.41) is 0. The minimum Gasteiger partial charge on any atom is -0.435 e. The Morgan fingerprint density at radius 2 is 1.24 bits per heavy atom. The van der Waals surface area contributed by atoms with Gasteiger partial charge in [-0.2, -0.15) is 17.6 Å². The molecule has 2 aliphatic carbocycles. The molecule has 2 aliphatic rings. The molecule has 0 spiro atoms. The summed E-state index contributed by atoms with van der Waals surface area (Å²) in [6, 6.07) is 11.1. The van der Waals surface area contributed by atoms with Crippen LogP contribution in [0.25, 0.3) is 0 Å². The highest BCUT2D eigenvalue weighted by atomic mass is 19.3. The van der Waals surface area contributed by atoms with E-state index in [1.807, 2.05) is 0 Å². The normalized spacial score (nSPS) is 24.7. The number of rotatable bonds is 11. The minimum absolute atomic E-state index is 0.113. The molecule has 2 nitrogen and oxygen atoms in total. The van der Waals surface area contributed by atoms with E-state index >= 15 is 0 Å². The van der Waals surface area contributed by atoms with Crippen LogP contribution in [-0.4, -0.2) is 6.61 Å². The Labute approximate surface area is 218 Å². The molecule has 0 amide bonds. The van der Waals surface area contributed by atoms with Crippen molar-refractivity contribution in [1.82, 2.24) is 0 Å². The maximum atomic E-state index is 14.6. The van der Waals surface area contributed by atoms with Crippen LogP contribution in [-0.2, 0) is 12.5 Å². The number of hydrogen-bond donors (Lipinski definition) is 0. The third-order valence-corrected chi connectivity index (χ3v) is 8.57. The maximum absolute atomic E-state index is 14.6. The predicted molar refractivity (Wildman–Crippen MR) is 138 cm³/mol. The molecule has 0 aliphatic heterocycles. The van der Waals surface area contributed by atoms with Gasteiger partial charge in [-0.25, -0.2) is 0 Å². The van der Waals surface area contributed by atoms with Crippen molar-refractivity contribution in [2.45, 2.75) is 96.7 Å². The Morgan fingerprint density at radius 1 is 0.730 bits per heavy atom. The monoisotopic (exact) mass is 520 g/mol. The molecule has 0 aromatic heterocycles. The first kappa shape index (κ1) is 27.8. The molecular weight excluding hydrogens is 480 g/mol. The average Bonchev–Trinajstić information content (AvgIpc) is 2.89. The van der Waals surface area contributed by atoms with Crippen molar-refractivity contribution < 1.29 is 27.0 Å². The molecule has 37 heavy (non-hydrogen) atoms. The number of halogens is 4. The fourth-order valence-corrected chi connectivity index (χ4v) is 6.44. The molecule has 0 heterocycles. The summed E-state index contributed by atoms with van der Waals surface area (Å²) >= 11 is 0. The zero-order valence-corrected chi connectivity index (χ0v) is 21.8. The number of aryl methyl sites for hydroxylation is 1. The molecule has 0 unspecified atom stereocenters. The fourth-order valence-electron chi connectivity index (χ4n) is 6.44. The summed E-state index contributed by atoms with van der Waals surface area (Å²) < 4.78 is 62.8.